The number of carbonyl (C=O) groups excluding carboxylic acids is 1. The van der Waals surface area contributed by atoms with E-state index in [2.05, 4.69) is 4.99 Å². The van der Waals surface area contributed by atoms with Gasteiger partial charge in [0.2, 0.25) is 0 Å². The van der Waals surface area contributed by atoms with Crippen LogP contribution in [-0.2, 0) is 4.79 Å². The van der Waals surface area contributed by atoms with Crippen LogP contribution >= 0.6 is 0 Å². The zero-order valence-corrected chi connectivity index (χ0v) is 9.37. The summed E-state index contributed by atoms with van der Waals surface area (Å²) in [5, 5.41) is 1.71. The number of hydrogen-bond donors (Lipinski definition) is 0. The van der Waals surface area contributed by atoms with Crippen molar-refractivity contribution < 1.29 is 4.79 Å². The molecule has 1 aliphatic heterocycles. The van der Waals surface area contributed by atoms with Gasteiger partial charge in [-0.05, 0) is 6.07 Å². The van der Waals surface area contributed by atoms with Gasteiger partial charge in [0.05, 0.1) is 5.36 Å². The van der Waals surface area contributed by atoms with Crippen LogP contribution in [-0.4, -0.2) is 57.3 Å². The van der Waals surface area contributed by atoms with Crippen molar-refractivity contribution >= 4 is 63.4 Å². The Morgan fingerprint density at radius 3 is 2.64 bits per heavy atom. The van der Waals surface area contributed by atoms with Crippen molar-refractivity contribution in [3.8, 4) is 0 Å². The average molecular weight is 170 g/mol. The maximum atomic E-state index is 10.7. The van der Waals surface area contributed by atoms with Crippen LogP contribution < -0.4 is 10.6 Å². The Labute approximate surface area is 106 Å². The molecule has 1 amide bonds. The molecule has 2 nitrogen and oxygen atoms in total. The van der Waals surface area contributed by atoms with E-state index in [0.29, 0.717) is 0 Å². The summed E-state index contributed by atoms with van der Waals surface area (Å²) in [6, 6.07) is 7.47. The largest absolute Gasteiger partial charge is 0.270 e. The van der Waals surface area contributed by atoms with Gasteiger partial charge in [-0.15, -0.1) is 0 Å². The third-order valence-electron chi connectivity index (χ3n) is 1.45. The fourth-order valence-electron chi connectivity index (χ4n) is 0.995. The summed E-state index contributed by atoms with van der Waals surface area (Å²) in [5.74, 6) is -0.152. The van der Waals surface area contributed by atoms with Crippen LogP contribution in [0.2, 0.25) is 0 Å². The summed E-state index contributed by atoms with van der Waals surface area (Å²) in [5.41, 5.74) is 0. The van der Waals surface area contributed by atoms with Gasteiger partial charge in [-0.3, -0.25) is 4.79 Å². The molecular weight excluding hydrogens is 165 g/mol. The summed E-state index contributed by atoms with van der Waals surface area (Å²) in [6.07, 6.45) is 1.54. The first-order valence-electron chi connectivity index (χ1n) is 3.06. The molecule has 0 aliphatic carbocycles. The molecule has 11 heavy (non-hydrogen) atoms. The van der Waals surface area contributed by atoms with Gasteiger partial charge in [0, 0.05) is 62.7 Å². The summed E-state index contributed by atoms with van der Waals surface area (Å²) in [6.45, 7) is 0. The Morgan fingerprint density at radius 1 is 1.18 bits per heavy atom. The maximum absolute atomic E-state index is 10.7. The molecular formula is C8H5KNO. The van der Waals surface area contributed by atoms with Crippen molar-refractivity contribution in [1.82, 2.24) is 0 Å². The Bertz CT molecular complexity index is 360. The fourth-order valence-corrected chi connectivity index (χ4v) is 0.995. The van der Waals surface area contributed by atoms with Crippen LogP contribution in [0.4, 0.5) is 0 Å². The molecule has 0 unspecified atom stereocenters. The number of para-hydroxylation sites is 1. The predicted molar refractivity (Wildman–Crippen MR) is 42.4 cm³/mol. The standard InChI is InChI=1S/C8H5NO.K/c10-8-5-6-3-1-2-4-7(6)9-8;/h1-5H;. The summed E-state index contributed by atoms with van der Waals surface area (Å²) in [7, 11) is 0. The van der Waals surface area contributed by atoms with E-state index in [1.165, 1.54) is 6.08 Å². The third kappa shape index (κ3) is 1.86. The van der Waals surface area contributed by atoms with E-state index in [1.54, 1.807) is 0 Å². The molecule has 1 heterocycles. The van der Waals surface area contributed by atoms with Crippen molar-refractivity contribution in [1.29, 1.82) is 0 Å². The molecule has 0 bridgehead atoms. The molecule has 0 atom stereocenters. The van der Waals surface area contributed by atoms with Gasteiger partial charge < -0.3 is 0 Å². The number of hydrogen-bond acceptors (Lipinski definition) is 1. The summed E-state index contributed by atoms with van der Waals surface area (Å²) >= 11 is 0. The Hall–Kier alpha value is 0.196. The Balaban J connectivity index is 0.000000605. The zero-order chi connectivity index (χ0) is 6.97. The molecule has 1 aromatic carbocycles. The second kappa shape index (κ2) is 3.73. The van der Waals surface area contributed by atoms with Crippen LogP contribution in [0, 0.1) is 0 Å². The van der Waals surface area contributed by atoms with Crippen LogP contribution in [0.5, 0.6) is 0 Å². The molecule has 0 aromatic heterocycles. The van der Waals surface area contributed by atoms with Gasteiger partial charge in [0.1, 0.15) is 0 Å². The quantitative estimate of drug-likeness (QED) is 0.471. The van der Waals surface area contributed by atoms with Gasteiger partial charge >= 0.3 is 0 Å². The minimum Gasteiger partial charge on any atom is -0.267 e. The molecule has 2 rings (SSSR count). The van der Waals surface area contributed by atoms with Crippen molar-refractivity contribution in [2.45, 2.75) is 0 Å². The fraction of sp³-hybridized carbons (Fsp3) is 0. The van der Waals surface area contributed by atoms with Crippen molar-refractivity contribution in [3.63, 3.8) is 0 Å². The van der Waals surface area contributed by atoms with Crippen LogP contribution in [0.15, 0.2) is 29.3 Å². The number of carbonyl (C=O) groups is 1. The van der Waals surface area contributed by atoms with E-state index in [-0.39, 0.29) is 57.3 Å². The Morgan fingerprint density at radius 2 is 1.91 bits per heavy atom. The van der Waals surface area contributed by atoms with Gasteiger partial charge in [-0.2, -0.15) is 0 Å². The molecule has 49 valence electrons. The number of amides is 1. The van der Waals surface area contributed by atoms with E-state index >= 15 is 0 Å². The number of nitrogens with zero attached hydrogens (tertiary/aromatic N) is 1. The van der Waals surface area contributed by atoms with Crippen LogP contribution in [0.3, 0.4) is 0 Å². The molecule has 1 aliphatic rings. The topological polar surface area (TPSA) is 29.4 Å². The molecule has 0 saturated heterocycles. The van der Waals surface area contributed by atoms with Crippen LogP contribution in [0.25, 0.3) is 6.08 Å². The molecule has 0 N–H and O–H groups in total. The Kier molecular flexibility index (Phi) is 3.15. The number of fused-ring (bicyclic) bond motifs is 1. The predicted octanol–water partition coefficient (Wildman–Crippen LogP) is -0.754. The number of benzene rings is 1. The van der Waals surface area contributed by atoms with E-state index < -0.39 is 0 Å². The SMILES string of the molecule is O=C1C=c2ccccc2=N1.[K]. The second-order valence-corrected chi connectivity index (χ2v) is 2.15. The first-order chi connectivity index (χ1) is 4.86. The molecule has 1 aromatic rings. The molecule has 0 saturated carbocycles. The van der Waals surface area contributed by atoms with Crippen LogP contribution in [0.1, 0.15) is 0 Å². The van der Waals surface area contributed by atoms with E-state index in [1.807, 2.05) is 24.3 Å². The maximum Gasteiger partial charge on any atom is 0.270 e. The van der Waals surface area contributed by atoms with E-state index in [0.717, 1.165) is 10.6 Å². The molecule has 0 spiro atoms. The first kappa shape index (κ1) is 9.29. The van der Waals surface area contributed by atoms with Gasteiger partial charge in [-0.1, -0.05) is 18.2 Å². The zero-order valence-electron chi connectivity index (χ0n) is 6.24. The van der Waals surface area contributed by atoms with Gasteiger partial charge in [0.15, 0.2) is 0 Å². The van der Waals surface area contributed by atoms with Crippen molar-refractivity contribution in [3.05, 3.63) is 34.8 Å². The normalized spacial score (nSPS) is 12.5. The minimum absolute atomic E-state index is 0. The average Bonchev–Trinajstić information content (AvgIpc) is 2.27. The third-order valence-corrected chi connectivity index (χ3v) is 1.45. The monoisotopic (exact) mass is 170 g/mol. The first-order valence-corrected chi connectivity index (χ1v) is 3.06. The van der Waals surface area contributed by atoms with Crippen molar-refractivity contribution in [2.24, 2.45) is 4.99 Å². The molecule has 1 radical (unpaired) electrons. The van der Waals surface area contributed by atoms with Crippen molar-refractivity contribution in [2.75, 3.05) is 0 Å². The minimum atomic E-state index is -0.152. The van der Waals surface area contributed by atoms with E-state index in [4.69, 9.17) is 0 Å². The van der Waals surface area contributed by atoms with Gasteiger partial charge in [-0.25, -0.2) is 4.99 Å². The second-order valence-electron chi connectivity index (χ2n) is 2.15. The summed E-state index contributed by atoms with van der Waals surface area (Å²) in [4.78, 5) is 14.4. The molecule has 0 fully saturated rings. The molecule has 3 heteroatoms. The summed E-state index contributed by atoms with van der Waals surface area (Å²) < 4.78 is 0. The van der Waals surface area contributed by atoms with Gasteiger partial charge in [0.25, 0.3) is 5.91 Å². The van der Waals surface area contributed by atoms with E-state index in [9.17, 15) is 4.79 Å². The smallest absolute Gasteiger partial charge is 0.267 e. The number of rotatable bonds is 0.